The fraction of sp³-hybridized carbons (Fsp3) is 0.240. The SMILES string of the molecule is CNC(=O)NC(C)(C(F)F)C(NC(=O)c1ccc(C#CC#Cc2ccc(NS(C)(=O)=O)cc2)cc1)C(=O)NO. The number of rotatable bonds is 8. The number of benzene rings is 2. The van der Waals surface area contributed by atoms with Gasteiger partial charge in [-0.05, 0) is 67.3 Å². The maximum atomic E-state index is 13.9. The lowest BCUT2D eigenvalue weighted by molar-refractivity contribution is -0.135. The minimum absolute atomic E-state index is 0.0123. The van der Waals surface area contributed by atoms with Crippen molar-refractivity contribution >= 4 is 33.6 Å². The van der Waals surface area contributed by atoms with Crippen LogP contribution in [0.1, 0.15) is 28.4 Å². The van der Waals surface area contributed by atoms with Gasteiger partial charge in [-0.15, -0.1) is 0 Å². The van der Waals surface area contributed by atoms with Crippen LogP contribution < -0.4 is 26.2 Å². The van der Waals surface area contributed by atoms with Crippen LogP contribution in [0.5, 0.6) is 0 Å². The Morgan fingerprint density at radius 1 is 0.949 bits per heavy atom. The molecule has 14 heteroatoms. The summed E-state index contributed by atoms with van der Waals surface area (Å²) >= 11 is 0. The van der Waals surface area contributed by atoms with Gasteiger partial charge in [-0.3, -0.25) is 19.5 Å². The van der Waals surface area contributed by atoms with E-state index in [4.69, 9.17) is 5.21 Å². The molecule has 2 rings (SSSR count). The van der Waals surface area contributed by atoms with Gasteiger partial charge in [-0.2, -0.15) is 0 Å². The van der Waals surface area contributed by atoms with Crippen molar-refractivity contribution in [1.29, 1.82) is 0 Å². The molecule has 2 unspecified atom stereocenters. The highest BCUT2D eigenvalue weighted by Crippen LogP contribution is 2.21. The molecule has 0 saturated carbocycles. The topological polar surface area (TPSA) is 166 Å². The van der Waals surface area contributed by atoms with Crippen molar-refractivity contribution in [2.45, 2.75) is 24.9 Å². The van der Waals surface area contributed by atoms with Crippen LogP contribution in [0.4, 0.5) is 19.3 Å². The molecule has 0 aromatic heterocycles. The lowest BCUT2D eigenvalue weighted by Gasteiger charge is -2.36. The van der Waals surface area contributed by atoms with Crippen molar-refractivity contribution in [3.63, 3.8) is 0 Å². The number of hydroxylamine groups is 1. The van der Waals surface area contributed by atoms with Gasteiger partial charge in [0, 0.05) is 29.4 Å². The van der Waals surface area contributed by atoms with Crippen LogP contribution in [0.2, 0.25) is 0 Å². The molecule has 206 valence electrons. The monoisotopic (exact) mass is 561 g/mol. The van der Waals surface area contributed by atoms with Crippen molar-refractivity contribution in [1.82, 2.24) is 21.4 Å². The number of carbonyl (C=O) groups is 3. The van der Waals surface area contributed by atoms with Crippen LogP contribution in [0, 0.1) is 23.7 Å². The molecule has 2 aromatic carbocycles. The molecule has 2 atom stereocenters. The highest BCUT2D eigenvalue weighted by molar-refractivity contribution is 7.92. The van der Waals surface area contributed by atoms with Crippen LogP contribution in [0.3, 0.4) is 0 Å². The van der Waals surface area contributed by atoms with E-state index in [9.17, 15) is 31.6 Å². The van der Waals surface area contributed by atoms with E-state index in [1.165, 1.54) is 36.8 Å². The van der Waals surface area contributed by atoms with E-state index in [1.807, 2.05) is 5.32 Å². The summed E-state index contributed by atoms with van der Waals surface area (Å²) < 4.78 is 52.5. The van der Waals surface area contributed by atoms with Gasteiger partial charge in [0.2, 0.25) is 10.0 Å². The second kappa shape index (κ2) is 13.2. The zero-order valence-corrected chi connectivity index (χ0v) is 21.7. The number of halogens is 2. The zero-order chi connectivity index (χ0) is 29.2. The first kappa shape index (κ1) is 30.6. The average Bonchev–Trinajstić information content (AvgIpc) is 2.89. The number of sulfonamides is 1. The van der Waals surface area contributed by atoms with Crippen LogP contribution in [-0.2, 0) is 14.8 Å². The lowest BCUT2D eigenvalue weighted by Crippen LogP contribution is -2.69. The second-order valence-electron chi connectivity index (χ2n) is 8.20. The third-order valence-electron chi connectivity index (χ3n) is 5.12. The van der Waals surface area contributed by atoms with Crippen molar-refractivity contribution in [2.75, 3.05) is 18.0 Å². The summed E-state index contributed by atoms with van der Waals surface area (Å²) in [6.45, 7) is 0.841. The Kier molecular flexibility index (Phi) is 10.4. The van der Waals surface area contributed by atoms with Gasteiger partial charge in [0.25, 0.3) is 18.2 Å². The molecule has 0 fully saturated rings. The maximum Gasteiger partial charge on any atom is 0.315 e. The number of carbonyl (C=O) groups excluding carboxylic acids is 3. The Morgan fingerprint density at radius 2 is 1.46 bits per heavy atom. The summed E-state index contributed by atoms with van der Waals surface area (Å²) in [5.41, 5.74) is 0.0902. The van der Waals surface area contributed by atoms with E-state index in [1.54, 1.807) is 24.3 Å². The molecule has 6 N–H and O–H groups in total. The quantitative estimate of drug-likeness (QED) is 0.160. The fourth-order valence-corrected chi connectivity index (χ4v) is 3.64. The summed E-state index contributed by atoms with van der Waals surface area (Å²) in [5.74, 6) is 8.53. The third-order valence-corrected chi connectivity index (χ3v) is 5.73. The first-order valence-corrected chi connectivity index (χ1v) is 12.9. The molecule has 11 nitrogen and oxygen atoms in total. The molecule has 0 aliphatic rings. The Labute approximate surface area is 223 Å². The summed E-state index contributed by atoms with van der Waals surface area (Å²) in [7, 11) is -2.21. The second-order valence-corrected chi connectivity index (χ2v) is 9.95. The van der Waals surface area contributed by atoms with Gasteiger partial charge < -0.3 is 16.0 Å². The molecule has 0 aliphatic carbocycles. The maximum absolute atomic E-state index is 13.9. The third kappa shape index (κ3) is 8.99. The Bertz CT molecular complexity index is 1440. The van der Waals surface area contributed by atoms with E-state index in [-0.39, 0.29) is 5.56 Å². The Morgan fingerprint density at radius 3 is 1.90 bits per heavy atom. The summed E-state index contributed by atoms with van der Waals surface area (Å²) in [4.78, 5) is 36.5. The number of hydrogen-bond acceptors (Lipinski definition) is 6. The molecule has 0 spiro atoms. The van der Waals surface area contributed by atoms with E-state index in [2.05, 4.69) is 39.0 Å². The first-order chi connectivity index (χ1) is 18.3. The van der Waals surface area contributed by atoms with Crippen molar-refractivity contribution in [2.24, 2.45) is 0 Å². The van der Waals surface area contributed by atoms with Crippen LogP contribution >= 0.6 is 0 Å². The average molecular weight is 562 g/mol. The van der Waals surface area contributed by atoms with E-state index < -0.39 is 45.9 Å². The molecular formula is C25H25F2N5O6S. The van der Waals surface area contributed by atoms with Crippen LogP contribution in [0.25, 0.3) is 0 Å². The summed E-state index contributed by atoms with van der Waals surface area (Å²) in [5, 5.41) is 15.1. The van der Waals surface area contributed by atoms with Gasteiger partial charge in [0.05, 0.1) is 6.26 Å². The highest BCUT2D eigenvalue weighted by atomic mass is 32.2. The predicted octanol–water partition coefficient (Wildman–Crippen LogP) is 1.02. The first-order valence-electron chi connectivity index (χ1n) is 11.0. The molecule has 2 aromatic rings. The smallest absolute Gasteiger partial charge is 0.315 e. The number of urea groups is 1. The van der Waals surface area contributed by atoms with Crippen LogP contribution in [-0.4, -0.2) is 62.8 Å². The van der Waals surface area contributed by atoms with Gasteiger partial charge in [-0.25, -0.2) is 27.5 Å². The summed E-state index contributed by atoms with van der Waals surface area (Å²) in [6.07, 6.45) is -2.27. The summed E-state index contributed by atoms with van der Waals surface area (Å²) in [6, 6.07) is 8.85. The van der Waals surface area contributed by atoms with E-state index >= 15 is 0 Å². The fourth-order valence-electron chi connectivity index (χ4n) is 3.07. The van der Waals surface area contributed by atoms with Crippen molar-refractivity contribution in [3.8, 4) is 23.7 Å². The standard InChI is InChI=1S/C25H25F2N5O6S/c1-25(23(26)27,30-24(35)28-2)20(22(34)31-36)29-21(33)18-12-8-16(9-13-18)6-4-5-7-17-10-14-19(15-11-17)32-39(3,37)38/h8-15,20,23,32,36H,1-3H3,(H,29,33)(H,31,34)(H2,28,30,35). The Hall–Kier alpha value is -4.66. The molecular weight excluding hydrogens is 536 g/mol. The normalized spacial score (nSPS) is 12.8. The minimum Gasteiger partial charge on any atom is -0.341 e. The number of anilines is 1. The van der Waals surface area contributed by atoms with Gasteiger partial charge in [0.15, 0.2) is 0 Å². The number of hydrogen-bond donors (Lipinski definition) is 6. The van der Waals surface area contributed by atoms with Crippen molar-refractivity contribution in [3.05, 3.63) is 65.2 Å². The van der Waals surface area contributed by atoms with E-state index in [0.29, 0.717) is 16.8 Å². The van der Waals surface area contributed by atoms with E-state index in [0.717, 1.165) is 13.2 Å². The van der Waals surface area contributed by atoms with Crippen LogP contribution in [0.15, 0.2) is 48.5 Å². The minimum atomic E-state index is -3.39. The molecule has 0 radical (unpaired) electrons. The van der Waals surface area contributed by atoms with Gasteiger partial charge in [0.1, 0.15) is 11.6 Å². The van der Waals surface area contributed by atoms with Gasteiger partial charge >= 0.3 is 6.03 Å². The molecule has 0 heterocycles. The zero-order valence-electron chi connectivity index (χ0n) is 20.9. The lowest BCUT2D eigenvalue weighted by atomic mass is 9.91. The molecule has 0 bridgehead atoms. The highest BCUT2D eigenvalue weighted by Gasteiger charge is 2.48. The number of alkyl halides is 2. The largest absolute Gasteiger partial charge is 0.341 e. The Balaban J connectivity index is 2.14. The molecule has 39 heavy (non-hydrogen) atoms. The number of amides is 4. The molecule has 4 amide bonds. The molecule has 0 aliphatic heterocycles. The van der Waals surface area contributed by atoms with Crippen molar-refractivity contribution < 1.29 is 36.8 Å². The number of nitrogens with one attached hydrogen (secondary N) is 5. The van der Waals surface area contributed by atoms with Gasteiger partial charge in [-0.1, -0.05) is 11.8 Å². The molecule has 0 saturated heterocycles. The predicted molar refractivity (Wildman–Crippen MR) is 138 cm³/mol.